The molecule has 12 heteroatoms. The van der Waals surface area contributed by atoms with Gasteiger partial charge in [-0.15, -0.1) is 0 Å². The minimum atomic E-state index is -3.72. The van der Waals surface area contributed by atoms with E-state index in [9.17, 15) is 13.2 Å². The summed E-state index contributed by atoms with van der Waals surface area (Å²) in [6, 6.07) is 9.37. The maximum Gasteiger partial charge on any atom is 0.264 e. The number of sulfonamides is 1. The minimum absolute atomic E-state index is 0.0333. The first kappa shape index (κ1) is 29.4. The standard InChI is InChI=1S/C30H32Cl2FN3O5S/c1-16-14-36(25-11-8-19(13-24(25)33)30(37)35-42(38,39)20-9-10-20)17(2)12-26(16)40-15-21-28(34-41-29(21)18-6-7-18)27-22(31)4-3-5-23(27)32/h3-5,8,11,13,16-18,20,26H,6-7,9-10,12,14-15H2,1-2H3,(H,35,37)/t16-,17-,26+/m1/s1. The van der Waals surface area contributed by atoms with Crippen LogP contribution in [0.1, 0.15) is 73.6 Å². The number of rotatable bonds is 9. The Balaban J connectivity index is 1.15. The molecular weight excluding hydrogens is 604 g/mol. The van der Waals surface area contributed by atoms with E-state index in [1.807, 2.05) is 11.8 Å². The van der Waals surface area contributed by atoms with Gasteiger partial charge in [0.25, 0.3) is 5.91 Å². The van der Waals surface area contributed by atoms with Crippen LogP contribution in [0.4, 0.5) is 10.1 Å². The number of anilines is 1. The Labute approximate surface area is 254 Å². The molecule has 3 aromatic rings. The van der Waals surface area contributed by atoms with Crippen LogP contribution >= 0.6 is 23.2 Å². The van der Waals surface area contributed by atoms with Gasteiger partial charge in [-0.05, 0) is 75.3 Å². The SMILES string of the molecule is C[C@@H]1CN(c2ccc(C(=O)NS(=O)(=O)C3CC3)cc2F)[C@H](C)C[C@@H]1OCc1c(-c2c(Cl)cccc2Cl)noc1C1CC1. The Morgan fingerprint density at radius 3 is 2.50 bits per heavy atom. The monoisotopic (exact) mass is 635 g/mol. The van der Waals surface area contributed by atoms with E-state index in [1.54, 1.807) is 18.2 Å². The summed E-state index contributed by atoms with van der Waals surface area (Å²) in [6.07, 6.45) is 3.67. The van der Waals surface area contributed by atoms with E-state index in [-0.39, 0.29) is 30.2 Å². The third kappa shape index (κ3) is 5.91. The fourth-order valence-corrected chi connectivity index (χ4v) is 7.52. The topological polar surface area (TPSA) is 102 Å². The lowest BCUT2D eigenvalue weighted by atomic mass is 9.91. The van der Waals surface area contributed by atoms with Gasteiger partial charge < -0.3 is 14.2 Å². The molecule has 2 aliphatic carbocycles. The van der Waals surface area contributed by atoms with Gasteiger partial charge in [0, 0.05) is 35.2 Å². The number of nitrogens with one attached hydrogen (secondary N) is 1. The van der Waals surface area contributed by atoms with Gasteiger partial charge in [0.05, 0.1) is 33.7 Å². The predicted octanol–water partition coefficient (Wildman–Crippen LogP) is 6.71. The lowest BCUT2D eigenvalue weighted by molar-refractivity contribution is -0.0128. The van der Waals surface area contributed by atoms with E-state index < -0.39 is 27.0 Å². The number of piperidine rings is 1. The van der Waals surface area contributed by atoms with Crippen molar-refractivity contribution in [2.75, 3.05) is 11.4 Å². The Hall–Kier alpha value is -2.66. The van der Waals surface area contributed by atoms with Crippen molar-refractivity contribution in [2.24, 2.45) is 5.92 Å². The molecule has 1 amide bonds. The van der Waals surface area contributed by atoms with Gasteiger partial charge >= 0.3 is 0 Å². The van der Waals surface area contributed by atoms with Gasteiger partial charge in [0.1, 0.15) is 17.3 Å². The van der Waals surface area contributed by atoms with Gasteiger partial charge in [-0.2, -0.15) is 0 Å². The number of benzene rings is 2. The van der Waals surface area contributed by atoms with Crippen LogP contribution in [0.15, 0.2) is 40.9 Å². The zero-order valence-electron chi connectivity index (χ0n) is 23.3. The van der Waals surface area contributed by atoms with Crippen LogP contribution in [0.25, 0.3) is 11.3 Å². The Bertz CT molecular complexity index is 1600. The van der Waals surface area contributed by atoms with Gasteiger partial charge in [-0.3, -0.25) is 4.79 Å². The molecule has 1 aliphatic heterocycles. The average molecular weight is 637 g/mol. The second kappa shape index (κ2) is 11.4. The van der Waals surface area contributed by atoms with Crippen LogP contribution in [0.3, 0.4) is 0 Å². The molecule has 0 unspecified atom stereocenters. The van der Waals surface area contributed by atoms with Crippen LogP contribution in [0.5, 0.6) is 0 Å². The molecule has 1 N–H and O–H groups in total. The third-order valence-electron chi connectivity index (χ3n) is 8.35. The number of carbonyl (C=O) groups excluding carboxylic acids is 1. The zero-order chi connectivity index (χ0) is 29.8. The first-order chi connectivity index (χ1) is 20.0. The molecule has 0 bridgehead atoms. The van der Waals surface area contributed by atoms with Crippen molar-refractivity contribution < 1.29 is 26.9 Å². The molecule has 8 nitrogen and oxygen atoms in total. The number of hydrogen-bond donors (Lipinski definition) is 1. The second-order valence-electron chi connectivity index (χ2n) is 11.7. The van der Waals surface area contributed by atoms with Crippen molar-refractivity contribution >= 4 is 44.8 Å². The summed E-state index contributed by atoms with van der Waals surface area (Å²) in [4.78, 5) is 14.4. The van der Waals surface area contributed by atoms with Crippen molar-refractivity contribution in [2.45, 2.75) is 75.9 Å². The van der Waals surface area contributed by atoms with Gasteiger partial charge in [-0.1, -0.05) is 41.3 Å². The Morgan fingerprint density at radius 1 is 1.14 bits per heavy atom. The predicted molar refractivity (Wildman–Crippen MR) is 159 cm³/mol. The van der Waals surface area contributed by atoms with Crippen LogP contribution in [0.2, 0.25) is 10.0 Å². The zero-order valence-corrected chi connectivity index (χ0v) is 25.6. The van der Waals surface area contributed by atoms with Crippen LogP contribution in [-0.4, -0.2) is 43.4 Å². The molecule has 1 aromatic heterocycles. The first-order valence-electron chi connectivity index (χ1n) is 14.2. The van der Waals surface area contributed by atoms with E-state index in [2.05, 4.69) is 16.8 Å². The molecular formula is C30H32Cl2FN3O5S. The number of halogens is 3. The molecule has 2 heterocycles. The fourth-order valence-electron chi connectivity index (χ4n) is 5.64. The summed E-state index contributed by atoms with van der Waals surface area (Å²) in [5.41, 5.74) is 2.42. The van der Waals surface area contributed by atoms with Crippen LogP contribution < -0.4 is 9.62 Å². The van der Waals surface area contributed by atoms with Crippen LogP contribution in [0, 0.1) is 11.7 Å². The maximum atomic E-state index is 15.3. The van der Waals surface area contributed by atoms with Gasteiger partial charge in [0.2, 0.25) is 10.0 Å². The second-order valence-corrected chi connectivity index (χ2v) is 14.4. The molecule has 6 rings (SSSR count). The van der Waals surface area contributed by atoms with Gasteiger partial charge in [0.15, 0.2) is 0 Å². The van der Waals surface area contributed by atoms with Crippen molar-refractivity contribution in [3.05, 3.63) is 69.1 Å². The minimum Gasteiger partial charge on any atom is -0.373 e. The van der Waals surface area contributed by atoms with Crippen molar-refractivity contribution in [1.29, 1.82) is 0 Å². The van der Waals surface area contributed by atoms with E-state index in [1.165, 1.54) is 12.1 Å². The molecule has 224 valence electrons. The van der Waals surface area contributed by atoms with Crippen molar-refractivity contribution in [3.63, 3.8) is 0 Å². The normalized spacial score (nSPS) is 22.8. The van der Waals surface area contributed by atoms with Gasteiger partial charge in [-0.25, -0.2) is 17.5 Å². The molecule has 2 aromatic carbocycles. The number of aromatic nitrogens is 1. The summed E-state index contributed by atoms with van der Waals surface area (Å²) in [5.74, 6) is -0.215. The summed E-state index contributed by atoms with van der Waals surface area (Å²) in [6.45, 7) is 4.89. The molecule has 3 aliphatic rings. The maximum absolute atomic E-state index is 15.3. The highest BCUT2D eigenvalue weighted by molar-refractivity contribution is 7.91. The molecule has 0 spiro atoms. The Morgan fingerprint density at radius 2 is 1.86 bits per heavy atom. The average Bonchev–Trinajstić information content (AvgIpc) is 3.86. The summed E-state index contributed by atoms with van der Waals surface area (Å²) in [7, 11) is -3.72. The number of ether oxygens (including phenoxy) is 1. The number of carbonyl (C=O) groups is 1. The highest BCUT2D eigenvalue weighted by Gasteiger charge is 2.38. The van der Waals surface area contributed by atoms with E-state index in [0.29, 0.717) is 58.7 Å². The summed E-state index contributed by atoms with van der Waals surface area (Å²) < 4.78 is 53.8. The molecule has 3 fully saturated rings. The molecule has 1 saturated heterocycles. The smallest absolute Gasteiger partial charge is 0.264 e. The van der Waals surface area contributed by atoms with Crippen molar-refractivity contribution in [1.82, 2.24) is 9.88 Å². The van der Waals surface area contributed by atoms with E-state index in [0.717, 1.165) is 30.2 Å². The lowest BCUT2D eigenvalue weighted by Gasteiger charge is -2.43. The number of nitrogens with zero attached hydrogens (tertiary/aromatic N) is 2. The first-order valence-corrected chi connectivity index (χ1v) is 16.5. The number of amides is 1. The Kier molecular flexibility index (Phi) is 8.02. The van der Waals surface area contributed by atoms with E-state index in [4.69, 9.17) is 32.5 Å². The fraction of sp³-hybridized carbons (Fsp3) is 0.467. The largest absolute Gasteiger partial charge is 0.373 e. The lowest BCUT2D eigenvalue weighted by Crippen LogP contribution is -2.48. The highest BCUT2D eigenvalue weighted by Crippen LogP contribution is 2.46. The summed E-state index contributed by atoms with van der Waals surface area (Å²) in [5, 5.41) is 4.78. The van der Waals surface area contributed by atoms with E-state index >= 15 is 4.39 Å². The molecule has 2 saturated carbocycles. The number of hydrogen-bond acceptors (Lipinski definition) is 7. The molecule has 0 radical (unpaired) electrons. The highest BCUT2D eigenvalue weighted by atomic mass is 35.5. The molecule has 42 heavy (non-hydrogen) atoms. The summed E-state index contributed by atoms with van der Waals surface area (Å²) >= 11 is 13.0. The van der Waals surface area contributed by atoms with Crippen molar-refractivity contribution in [3.8, 4) is 11.3 Å². The third-order valence-corrected chi connectivity index (χ3v) is 10.8. The molecule has 3 atom stereocenters. The quantitative estimate of drug-likeness (QED) is 0.279. The van der Waals surface area contributed by atoms with Crippen LogP contribution in [-0.2, 0) is 21.4 Å².